The molecule has 0 fully saturated rings. The maximum Gasteiger partial charge on any atom is 0.256 e. The molecule has 0 spiro atoms. The molecule has 0 aromatic heterocycles. The third-order valence-electron chi connectivity index (χ3n) is 3.22. The fourth-order valence-electron chi connectivity index (χ4n) is 1.83. The molecule has 0 aliphatic carbocycles. The van der Waals surface area contributed by atoms with Crippen LogP contribution in [0.4, 0.5) is 10.1 Å². The molecule has 19 heavy (non-hydrogen) atoms. The number of para-hydroxylation sites is 1. The number of hydrogen-bond donors (Lipinski definition) is 1. The molecule has 1 aromatic rings. The zero-order chi connectivity index (χ0) is 14.4. The summed E-state index contributed by atoms with van der Waals surface area (Å²) in [6, 6.07) is 4.69. The van der Waals surface area contributed by atoms with Crippen LogP contribution in [0.15, 0.2) is 18.2 Å². The number of nitrogens with zero attached hydrogens (tertiary/aromatic N) is 1. The molecular formula is C14H21FN2OS. The van der Waals surface area contributed by atoms with Crippen molar-refractivity contribution in [2.45, 2.75) is 19.4 Å². The van der Waals surface area contributed by atoms with Crippen molar-refractivity contribution in [2.75, 3.05) is 31.4 Å². The largest absolute Gasteiger partial charge is 0.385 e. The molecule has 0 bridgehead atoms. The summed E-state index contributed by atoms with van der Waals surface area (Å²) in [5, 5.41) is 2.76. The Kier molecular flexibility index (Phi) is 6.15. The maximum absolute atomic E-state index is 13.6. The SMILES string of the molecule is CNc1c(F)cccc1C(=O)N(C)C(C)CCSC. The lowest BCUT2D eigenvalue weighted by Gasteiger charge is -2.25. The number of benzene rings is 1. The Labute approximate surface area is 118 Å². The highest BCUT2D eigenvalue weighted by molar-refractivity contribution is 7.98. The number of rotatable bonds is 6. The molecule has 1 rings (SSSR count). The average molecular weight is 284 g/mol. The van der Waals surface area contributed by atoms with Crippen molar-refractivity contribution in [1.82, 2.24) is 4.90 Å². The van der Waals surface area contributed by atoms with E-state index in [0.717, 1.165) is 12.2 Å². The van der Waals surface area contributed by atoms with E-state index in [1.807, 2.05) is 13.2 Å². The maximum atomic E-state index is 13.6. The van der Waals surface area contributed by atoms with Crippen molar-refractivity contribution in [2.24, 2.45) is 0 Å². The van der Waals surface area contributed by atoms with E-state index in [-0.39, 0.29) is 17.6 Å². The molecule has 1 atom stereocenters. The summed E-state index contributed by atoms with van der Waals surface area (Å²) >= 11 is 1.75. The van der Waals surface area contributed by atoms with Gasteiger partial charge in [-0.05, 0) is 37.5 Å². The predicted octanol–water partition coefficient (Wildman–Crippen LogP) is 3.08. The summed E-state index contributed by atoms with van der Waals surface area (Å²) in [5.74, 6) is 0.442. The van der Waals surface area contributed by atoms with Gasteiger partial charge in [-0.2, -0.15) is 11.8 Å². The van der Waals surface area contributed by atoms with Crippen LogP contribution in [-0.2, 0) is 0 Å². The highest BCUT2D eigenvalue weighted by Crippen LogP contribution is 2.21. The molecule has 0 radical (unpaired) electrons. The van der Waals surface area contributed by atoms with Gasteiger partial charge in [0, 0.05) is 20.1 Å². The fourth-order valence-corrected chi connectivity index (χ4v) is 2.41. The van der Waals surface area contributed by atoms with Gasteiger partial charge in [-0.15, -0.1) is 0 Å². The normalized spacial score (nSPS) is 12.1. The first-order valence-corrected chi connectivity index (χ1v) is 7.64. The van der Waals surface area contributed by atoms with Crippen LogP contribution < -0.4 is 5.32 Å². The van der Waals surface area contributed by atoms with Gasteiger partial charge >= 0.3 is 0 Å². The minimum Gasteiger partial charge on any atom is -0.385 e. The molecule has 0 saturated heterocycles. The van der Waals surface area contributed by atoms with Crippen molar-refractivity contribution in [3.63, 3.8) is 0 Å². The Morgan fingerprint density at radius 1 is 1.53 bits per heavy atom. The van der Waals surface area contributed by atoms with Gasteiger partial charge in [0.15, 0.2) is 0 Å². The number of hydrogen-bond acceptors (Lipinski definition) is 3. The number of carbonyl (C=O) groups excluding carboxylic acids is 1. The third-order valence-corrected chi connectivity index (χ3v) is 3.86. The number of halogens is 1. The fraction of sp³-hybridized carbons (Fsp3) is 0.500. The first-order valence-electron chi connectivity index (χ1n) is 6.25. The van der Waals surface area contributed by atoms with Crippen LogP contribution in [0.25, 0.3) is 0 Å². The Morgan fingerprint density at radius 2 is 2.21 bits per heavy atom. The van der Waals surface area contributed by atoms with Crippen LogP contribution in [0.5, 0.6) is 0 Å². The van der Waals surface area contributed by atoms with Crippen molar-refractivity contribution in [3.05, 3.63) is 29.6 Å². The number of amides is 1. The predicted molar refractivity (Wildman–Crippen MR) is 80.5 cm³/mol. The highest BCUT2D eigenvalue weighted by atomic mass is 32.2. The van der Waals surface area contributed by atoms with E-state index in [9.17, 15) is 9.18 Å². The van der Waals surface area contributed by atoms with Gasteiger partial charge in [0.05, 0.1) is 11.3 Å². The molecular weight excluding hydrogens is 263 g/mol. The van der Waals surface area contributed by atoms with E-state index >= 15 is 0 Å². The van der Waals surface area contributed by atoms with Gasteiger partial charge in [-0.25, -0.2) is 4.39 Å². The molecule has 0 aliphatic heterocycles. The van der Waals surface area contributed by atoms with Crippen LogP contribution in [0, 0.1) is 5.82 Å². The van der Waals surface area contributed by atoms with E-state index in [0.29, 0.717) is 5.56 Å². The van der Waals surface area contributed by atoms with Gasteiger partial charge in [0.25, 0.3) is 5.91 Å². The van der Waals surface area contributed by atoms with Crippen LogP contribution >= 0.6 is 11.8 Å². The molecule has 0 heterocycles. The second-order valence-corrected chi connectivity index (χ2v) is 5.44. The number of nitrogens with one attached hydrogen (secondary N) is 1. The van der Waals surface area contributed by atoms with E-state index in [1.165, 1.54) is 6.07 Å². The lowest BCUT2D eigenvalue weighted by Crippen LogP contribution is -2.35. The Hall–Kier alpha value is -1.23. The van der Waals surface area contributed by atoms with Crippen LogP contribution in [0.2, 0.25) is 0 Å². The molecule has 3 nitrogen and oxygen atoms in total. The molecule has 0 saturated carbocycles. The summed E-state index contributed by atoms with van der Waals surface area (Å²) in [5.41, 5.74) is 0.636. The summed E-state index contributed by atoms with van der Waals surface area (Å²) in [7, 11) is 3.38. The molecule has 1 unspecified atom stereocenters. The van der Waals surface area contributed by atoms with E-state index in [1.54, 1.807) is 42.9 Å². The van der Waals surface area contributed by atoms with E-state index in [2.05, 4.69) is 5.32 Å². The minimum absolute atomic E-state index is 0.132. The molecule has 106 valence electrons. The Morgan fingerprint density at radius 3 is 2.79 bits per heavy atom. The first kappa shape index (κ1) is 15.8. The van der Waals surface area contributed by atoms with Gasteiger partial charge in [0.2, 0.25) is 0 Å². The van der Waals surface area contributed by atoms with Crippen LogP contribution in [-0.4, -0.2) is 43.0 Å². The lowest BCUT2D eigenvalue weighted by atomic mass is 10.1. The van der Waals surface area contributed by atoms with Crippen LogP contribution in [0.3, 0.4) is 0 Å². The summed E-state index contributed by atoms with van der Waals surface area (Å²) in [6.07, 6.45) is 2.97. The number of carbonyl (C=O) groups is 1. The average Bonchev–Trinajstić information content (AvgIpc) is 2.42. The summed E-state index contributed by atoms with van der Waals surface area (Å²) in [6.45, 7) is 2.01. The van der Waals surface area contributed by atoms with Gasteiger partial charge < -0.3 is 10.2 Å². The van der Waals surface area contributed by atoms with Crippen molar-refractivity contribution >= 4 is 23.4 Å². The Balaban J connectivity index is 2.91. The number of thioether (sulfide) groups is 1. The Bertz CT molecular complexity index is 439. The van der Waals surface area contributed by atoms with E-state index < -0.39 is 5.82 Å². The first-order chi connectivity index (χ1) is 9.02. The molecule has 1 aromatic carbocycles. The highest BCUT2D eigenvalue weighted by Gasteiger charge is 2.21. The van der Waals surface area contributed by atoms with Crippen molar-refractivity contribution in [3.8, 4) is 0 Å². The van der Waals surface area contributed by atoms with Crippen molar-refractivity contribution in [1.29, 1.82) is 0 Å². The summed E-state index contributed by atoms with van der Waals surface area (Å²) < 4.78 is 13.6. The zero-order valence-corrected chi connectivity index (χ0v) is 12.7. The summed E-state index contributed by atoms with van der Waals surface area (Å²) in [4.78, 5) is 14.1. The van der Waals surface area contributed by atoms with Gasteiger partial charge in [-0.3, -0.25) is 4.79 Å². The second-order valence-electron chi connectivity index (χ2n) is 4.46. The smallest absolute Gasteiger partial charge is 0.256 e. The third kappa shape index (κ3) is 3.86. The minimum atomic E-state index is -0.404. The van der Waals surface area contributed by atoms with Crippen molar-refractivity contribution < 1.29 is 9.18 Å². The quantitative estimate of drug-likeness (QED) is 0.871. The number of anilines is 1. The van der Waals surface area contributed by atoms with Crippen LogP contribution in [0.1, 0.15) is 23.7 Å². The standard InChI is InChI=1S/C14H21FN2OS/c1-10(8-9-19-4)17(3)14(18)11-6-5-7-12(15)13(11)16-2/h5-7,10,16H,8-9H2,1-4H3. The van der Waals surface area contributed by atoms with Gasteiger partial charge in [0.1, 0.15) is 5.82 Å². The van der Waals surface area contributed by atoms with Gasteiger partial charge in [-0.1, -0.05) is 6.07 Å². The molecule has 5 heteroatoms. The lowest BCUT2D eigenvalue weighted by molar-refractivity contribution is 0.0742. The zero-order valence-electron chi connectivity index (χ0n) is 11.9. The molecule has 1 N–H and O–H groups in total. The molecule has 1 amide bonds. The monoisotopic (exact) mass is 284 g/mol. The van der Waals surface area contributed by atoms with E-state index in [4.69, 9.17) is 0 Å². The second kappa shape index (κ2) is 7.38. The topological polar surface area (TPSA) is 32.3 Å². The molecule has 0 aliphatic rings.